The Labute approximate surface area is 124 Å². The first-order chi connectivity index (χ1) is 9.35. The quantitative estimate of drug-likeness (QED) is 0.747. The van der Waals surface area contributed by atoms with Crippen molar-refractivity contribution in [3.05, 3.63) is 23.2 Å². The van der Waals surface area contributed by atoms with Gasteiger partial charge in [-0.1, -0.05) is 11.6 Å². The molecule has 0 aromatic carbocycles. The predicted molar refractivity (Wildman–Crippen MR) is 76.8 cm³/mol. The Morgan fingerprint density at radius 3 is 2.85 bits per heavy atom. The van der Waals surface area contributed by atoms with E-state index < -0.39 is 5.60 Å². The van der Waals surface area contributed by atoms with Gasteiger partial charge in [-0.15, -0.1) is 0 Å². The van der Waals surface area contributed by atoms with Gasteiger partial charge in [-0.2, -0.15) is 0 Å². The Morgan fingerprint density at radius 2 is 2.20 bits per heavy atom. The molecule has 0 spiro atoms. The van der Waals surface area contributed by atoms with Crippen LogP contribution in [-0.4, -0.2) is 39.7 Å². The molecule has 1 aromatic rings. The topological polar surface area (TPSA) is 55.3 Å². The van der Waals surface area contributed by atoms with Gasteiger partial charge in [0.2, 0.25) is 0 Å². The molecule has 1 unspecified atom stereocenters. The maximum Gasteiger partial charge on any atom is 0.410 e. The van der Waals surface area contributed by atoms with E-state index in [0.29, 0.717) is 11.7 Å². The molecule has 1 amide bonds. The van der Waals surface area contributed by atoms with Gasteiger partial charge in [0.05, 0.1) is 5.69 Å². The number of nitrogens with zero attached hydrogens (tertiary/aromatic N) is 3. The van der Waals surface area contributed by atoms with Gasteiger partial charge in [0.15, 0.2) is 0 Å². The molecule has 1 saturated heterocycles. The summed E-state index contributed by atoms with van der Waals surface area (Å²) in [5.41, 5.74) is 0.417. The van der Waals surface area contributed by atoms with Crippen molar-refractivity contribution in [1.29, 1.82) is 0 Å². The van der Waals surface area contributed by atoms with E-state index in [2.05, 4.69) is 9.97 Å². The number of aromatic nitrogens is 2. The van der Waals surface area contributed by atoms with Crippen LogP contribution in [0.4, 0.5) is 4.79 Å². The number of likely N-dealkylation sites (tertiary alicyclic amines) is 1. The molecule has 1 aliphatic rings. The van der Waals surface area contributed by atoms with Gasteiger partial charge in [0.1, 0.15) is 17.1 Å². The lowest BCUT2D eigenvalue weighted by atomic mass is 9.95. The minimum absolute atomic E-state index is 0.191. The minimum atomic E-state index is -0.470. The van der Waals surface area contributed by atoms with Crippen LogP contribution in [0.25, 0.3) is 0 Å². The fraction of sp³-hybridized carbons (Fsp3) is 0.643. The molecule has 1 aliphatic heterocycles. The van der Waals surface area contributed by atoms with Gasteiger partial charge in [-0.25, -0.2) is 14.8 Å². The summed E-state index contributed by atoms with van der Waals surface area (Å²) >= 11 is 5.89. The van der Waals surface area contributed by atoms with Crippen LogP contribution in [-0.2, 0) is 4.74 Å². The second kappa shape index (κ2) is 5.95. The average Bonchev–Trinajstić information content (AvgIpc) is 2.37. The summed E-state index contributed by atoms with van der Waals surface area (Å²) in [6.45, 7) is 6.95. The van der Waals surface area contributed by atoms with Gasteiger partial charge >= 0.3 is 6.09 Å². The number of halogens is 1. The molecular weight excluding hydrogens is 278 g/mol. The number of amides is 1. The van der Waals surface area contributed by atoms with Crippen LogP contribution in [0, 0.1) is 0 Å². The van der Waals surface area contributed by atoms with Gasteiger partial charge in [-0.05, 0) is 39.7 Å². The molecule has 2 heterocycles. The van der Waals surface area contributed by atoms with Crippen molar-refractivity contribution < 1.29 is 9.53 Å². The highest BCUT2D eigenvalue weighted by Gasteiger charge is 2.28. The number of hydrogen-bond acceptors (Lipinski definition) is 4. The highest BCUT2D eigenvalue weighted by atomic mass is 35.5. The van der Waals surface area contributed by atoms with Gasteiger partial charge in [0, 0.05) is 19.0 Å². The van der Waals surface area contributed by atoms with E-state index in [9.17, 15) is 4.79 Å². The summed E-state index contributed by atoms with van der Waals surface area (Å²) in [6, 6.07) is 1.77. The number of carbonyl (C=O) groups excluding carboxylic acids is 1. The standard InChI is InChI=1S/C14H20ClN3O2/c1-14(2,3)20-13(19)18-6-4-5-10(8-18)11-7-12(15)17-9-16-11/h7,9-10H,4-6,8H2,1-3H3. The van der Waals surface area contributed by atoms with E-state index in [1.165, 1.54) is 6.33 Å². The van der Waals surface area contributed by atoms with Gasteiger partial charge < -0.3 is 9.64 Å². The van der Waals surface area contributed by atoms with E-state index in [1.807, 2.05) is 20.8 Å². The van der Waals surface area contributed by atoms with Crippen molar-refractivity contribution >= 4 is 17.7 Å². The molecule has 0 aliphatic carbocycles. The monoisotopic (exact) mass is 297 g/mol. The maximum atomic E-state index is 12.1. The molecule has 0 bridgehead atoms. The Bertz CT molecular complexity index is 488. The lowest BCUT2D eigenvalue weighted by molar-refractivity contribution is 0.0197. The molecule has 5 nitrogen and oxygen atoms in total. The third-order valence-corrected chi connectivity index (χ3v) is 3.35. The van der Waals surface area contributed by atoms with Crippen molar-refractivity contribution in [2.24, 2.45) is 0 Å². The van der Waals surface area contributed by atoms with Crippen LogP contribution >= 0.6 is 11.6 Å². The molecule has 1 aromatic heterocycles. The molecule has 110 valence electrons. The summed E-state index contributed by atoms with van der Waals surface area (Å²) < 4.78 is 5.41. The van der Waals surface area contributed by atoms with Crippen molar-refractivity contribution in [3.63, 3.8) is 0 Å². The SMILES string of the molecule is CC(C)(C)OC(=O)N1CCCC(c2cc(Cl)ncn2)C1. The molecule has 1 fully saturated rings. The highest BCUT2D eigenvalue weighted by Crippen LogP contribution is 2.27. The summed E-state index contributed by atoms with van der Waals surface area (Å²) in [6.07, 6.45) is 3.13. The van der Waals surface area contributed by atoms with E-state index in [-0.39, 0.29) is 12.0 Å². The predicted octanol–water partition coefficient (Wildman–Crippen LogP) is 3.24. The van der Waals surface area contributed by atoms with Crippen molar-refractivity contribution in [2.45, 2.75) is 45.1 Å². The summed E-state index contributed by atoms with van der Waals surface area (Å²) in [7, 11) is 0. The van der Waals surface area contributed by atoms with Gasteiger partial charge in [0.25, 0.3) is 0 Å². The van der Waals surface area contributed by atoms with Crippen molar-refractivity contribution in [3.8, 4) is 0 Å². The third-order valence-electron chi connectivity index (χ3n) is 3.15. The zero-order chi connectivity index (χ0) is 14.8. The number of piperidine rings is 1. The van der Waals surface area contributed by atoms with Crippen LogP contribution < -0.4 is 0 Å². The molecule has 1 atom stereocenters. The van der Waals surface area contributed by atoms with Crippen molar-refractivity contribution in [1.82, 2.24) is 14.9 Å². The van der Waals surface area contributed by atoms with E-state index >= 15 is 0 Å². The Balaban J connectivity index is 2.03. The first kappa shape index (κ1) is 15.0. The fourth-order valence-electron chi connectivity index (χ4n) is 2.28. The zero-order valence-corrected chi connectivity index (χ0v) is 12.9. The Morgan fingerprint density at radius 1 is 1.45 bits per heavy atom. The second-order valence-electron chi connectivity index (χ2n) is 6.03. The summed E-state index contributed by atoms with van der Waals surface area (Å²) in [5.74, 6) is 0.191. The Hall–Kier alpha value is -1.36. The molecule has 2 rings (SSSR count). The highest BCUT2D eigenvalue weighted by molar-refractivity contribution is 6.29. The zero-order valence-electron chi connectivity index (χ0n) is 12.1. The van der Waals surface area contributed by atoms with Crippen LogP contribution in [0.2, 0.25) is 5.15 Å². The van der Waals surface area contributed by atoms with Crippen LogP contribution in [0.15, 0.2) is 12.4 Å². The normalized spacial score (nSPS) is 19.8. The smallest absolute Gasteiger partial charge is 0.410 e. The molecular formula is C14H20ClN3O2. The maximum absolute atomic E-state index is 12.1. The first-order valence-corrected chi connectivity index (χ1v) is 7.18. The lowest BCUT2D eigenvalue weighted by Gasteiger charge is -2.33. The largest absolute Gasteiger partial charge is 0.444 e. The molecule has 0 saturated carbocycles. The number of ether oxygens (including phenoxy) is 1. The van der Waals surface area contributed by atoms with Gasteiger partial charge in [-0.3, -0.25) is 0 Å². The number of carbonyl (C=O) groups is 1. The third kappa shape index (κ3) is 4.07. The summed E-state index contributed by atoms with van der Waals surface area (Å²) in [4.78, 5) is 22.0. The van der Waals surface area contributed by atoms with Crippen LogP contribution in [0.1, 0.15) is 45.2 Å². The van der Waals surface area contributed by atoms with Crippen molar-refractivity contribution in [2.75, 3.05) is 13.1 Å². The van der Waals surface area contributed by atoms with Crippen LogP contribution in [0.3, 0.4) is 0 Å². The first-order valence-electron chi connectivity index (χ1n) is 6.80. The van der Waals surface area contributed by atoms with E-state index in [4.69, 9.17) is 16.3 Å². The molecule has 0 N–H and O–H groups in total. The van der Waals surface area contributed by atoms with E-state index in [0.717, 1.165) is 25.1 Å². The molecule has 20 heavy (non-hydrogen) atoms. The average molecular weight is 298 g/mol. The molecule has 6 heteroatoms. The fourth-order valence-corrected chi connectivity index (χ4v) is 2.44. The number of hydrogen-bond donors (Lipinski definition) is 0. The molecule has 0 radical (unpaired) electrons. The minimum Gasteiger partial charge on any atom is -0.444 e. The number of rotatable bonds is 1. The van der Waals surface area contributed by atoms with Crippen LogP contribution in [0.5, 0.6) is 0 Å². The lowest BCUT2D eigenvalue weighted by Crippen LogP contribution is -2.42. The Kier molecular flexibility index (Phi) is 4.48. The summed E-state index contributed by atoms with van der Waals surface area (Å²) in [5, 5.41) is 0.435. The van der Waals surface area contributed by atoms with E-state index in [1.54, 1.807) is 11.0 Å². The second-order valence-corrected chi connectivity index (χ2v) is 6.42.